The molecule has 1 aliphatic rings. The average Bonchev–Trinajstić information content (AvgIpc) is 2.78. The van der Waals surface area contributed by atoms with Crippen molar-refractivity contribution in [3.05, 3.63) is 38.3 Å². The molecule has 1 heterocycles. The van der Waals surface area contributed by atoms with Crippen molar-refractivity contribution < 1.29 is 10.0 Å². The first-order valence-corrected chi connectivity index (χ1v) is 6.69. The molecule has 2 rings (SSSR count). The van der Waals surface area contributed by atoms with Gasteiger partial charge >= 0.3 is 0 Å². The number of rotatable bonds is 4. The normalized spacial score (nSPS) is 20.2. The zero-order valence-electron chi connectivity index (χ0n) is 9.88. The van der Waals surface area contributed by atoms with Crippen molar-refractivity contribution in [2.24, 2.45) is 0 Å². The van der Waals surface area contributed by atoms with Gasteiger partial charge in [-0.2, -0.15) is 0 Å². The third-order valence-electron chi connectivity index (χ3n) is 3.33. The summed E-state index contributed by atoms with van der Waals surface area (Å²) in [5, 5.41) is 20.3. The average molecular weight is 315 g/mol. The Morgan fingerprint density at radius 1 is 1.56 bits per heavy atom. The van der Waals surface area contributed by atoms with E-state index in [4.69, 9.17) is 0 Å². The van der Waals surface area contributed by atoms with Gasteiger partial charge in [0.15, 0.2) is 0 Å². The van der Waals surface area contributed by atoms with E-state index in [1.807, 2.05) is 6.07 Å². The molecular weight excluding hydrogens is 300 g/mol. The summed E-state index contributed by atoms with van der Waals surface area (Å²) in [6, 6.07) is 5.24. The van der Waals surface area contributed by atoms with Crippen LogP contribution in [0, 0.1) is 10.1 Å². The maximum absolute atomic E-state index is 11.0. The van der Waals surface area contributed by atoms with Gasteiger partial charge in [0.05, 0.1) is 11.5 Å². The SMILES string of the molecule is O=[N+]([O-])c1cc(Br)ccc1CN1CCC[C@@H]1CO. The Balaban J connectivity index is 2.20. The summed E-state index contributed by atoms with van der Waals surface area (Å²) < 4.78 is 0.707. The number of benzene rings is 1. The number of hydrogen-bond acceptors (Lipinski definition) is 4. The number of hydrogen-bond donors (Lipinski definition) is 1. The molecule has 1 fully saturated rings. The number of aliphatic hydroxyl groups is 1. The lowest BCUT2D eigenvalue weighted by atomic mass is 10.1. The summed E-state index contributed by atoms with van der Waals surface area (Å²) in [5.41, 5.74) is 0.830. The highest BCUT2D eigenvalue weighted by Crippen LogP contribution is 2.27. The van der Waals surface area contributed by atoms with Gasteiger partial charge in [-0.3, -0.25) is 15.0 Å². The molecule has 0 aliphatic carbocycles. The Kier molecular flexibility index (Phi) is 4.31. The lowest BCUT2D eigenvalue weighted by Crippen LogP contribution is -2.31. The summed E-state index contributed by atoms with van der Waals surface area (Å²) in [4.78, 5) is 12.8. The summed E-state index contributed by atoms with van der Waals surface area (Å²) in [7, 11) is 0. The van der Waals surface area contributed by atoms with E-state index < -0.39 is 0 Å². The standard InChI is InChI=1S/C12H15BrN2O3/c13-10-4-3-9(12(6-10)15(17)18)7-14-5-1-2-11(14)8-16/h3-4,6,11,16H,1-2,5,7-8H2/t11-/m1/s1. The molecule has 0 bridgehead atoms. The predicted octanol–water partition coefficient (Wildman–Crippen LogP) is 2.31. The van der Waals surface area contributed by atoms with E-state index in [1.165, 1.54) is 6.07 Å². The molecular formula is C12H15BrN2O3. The van der Waals surface area contributed by atoms with Crippen molar-refractivity contribution in [3.63, 3.8) is 0 Å². The highest BCUT2D eigenvalue weighted by atomic mass is 79.9. The summed E-state index contributed by atoms with van der Waals surface area (Å²) in [5.74, 6) is 0. The molecule has 0 saturated carbocycles. The van der Waals surface area contributed by atoms with Gasteiger partial charge in [0.1, 0.15) is 0 Å². The Hall–Kier alpha value is -0.980. The van der Waals surface area contributed by atoms with Crippen molar-refractivity contribution in [1.82, 2.24) is 4.90 Å². The van der Waals surface area contributed by atoms with E-state index in [2.05, 4.69) is 20.8 Å². The molecule has 98 valence electrons. The van der Waals surface area contributed by atoms with Crippen LogP contribution in [0.5, 0.6) is 0 Å². The van der Waals surface area contributed by atoms with Crippen molar-refractivity contribution in [2.45, 2.75) is 25.4 Å². The molecule has 0 spiro atoms. The molecule has 18 heavy (non-hydrogen) atoms. The number of nitrogens with zero attached hydrogens (tertiary/aromatic N) is 2. The predicted molar refractivity (Wildman–Crippen MR) is 71.3 cm³/mol. The van der Waals surface area contributed by atoms with Crippen LogP contribution in [0.15, 0.2) is 22.7 Å². The minimum atomic E-state index is -0.357. The van der Waals surface area contributed by atoms with Crippen molar-refractivity contribution in [1.29, 1.82) is 0 Å². The Labute approximate surface area is 114 Å². The summed E-state index contributed by atoms with van der Waals surface area (Å²) >= 11 is 3.24. The van der Waals surface area contributed by atoms with E-state index in [1.54, 1.807) is 6.07 Å². The van der Waals surface area contributed by atoms with Crippen molar-refractivity contribution in [3.8, 4) is 0 Å². The lowest BCUT2D eigenvalue weighted by Gasteiger charge is -2.22. The highest BCUT2D eigenvalue weighted by molar-refractivity contribution is 9.10. The molecule has 0 unspecified atom stereocenters. The Morgan fingerprint density at radius 2 is 2.33 bits per heavy atom. The molecule has 1 aliphatic heterocycles. The number of aliphatic hydroxyl groups excluding tert-OH is 1. The van der Waals surface area contributed by atoms with Crippen LogP contribution in [0.25, 0.3) is 0 Å². The van der Waals surface area contributed by atoms with E-state index in [0.29, 0.717) is 16.6 Å². The van der Waals surface area contributed by atoms with Gasteiger partial charge in [0.25, 0.3) is 5.69 Å². The van der Waals surface area contributed by atoms with Crippen LogP contribution in [0.1, 0.15) is 18.4 Å². The van der Waals surface area contributed by atoms with Crippen LogP contribution in [0.2, 0.25) is 0 Å². The van der Waals surface area contributed by atoms with Crippen LogP contribution in [0.3, 0.4) is 0 Å². The van der Waals surface area contributed by atoms with E-state index in [-0.39, 0.29) is 23.3 Å². The topological polar surface area (TPSA) is 66.6 Å². The molecule has 6 heteroatoms. The molecule has 1 aromatic rings. The van der Waals surface area contributed by atoms with Crippen LogP contribution in [-0.2, 0) is 6.54 Å². The van der Waals surface area contributed by atoms with Crippen molar-refractivity contribution >= 4 is 21.6 Å². The third kappa shape index (κ3) is 2.88. The molecule has 5 nitrogen and oxygen atoms in total. The minimum absolute atomic E-state index is 0.115. The van der Waals surface area contributed by atoms with Crippen LogP contribution < -0.4 is 0 Å². The number of halogens is 1. The van der Waals surface area contributed by atoms with Crippen LogP contribution in [-0.4, -0.2) is 34.1 Å². The van der Waals surface area contributed by atoms with E-state index in [0.717, 1.165) is 19.4 Å². The van der Waals surface area contributed by atoms with Gasteiger partial charge in [-0.1, -0.05) is 15.9 Å². The van der Waals surface area contributed by atoms with Gasteiger partial charge in [-0.05, 0) is 31.5 Å². The molecule has 0 aromatic heterocycles. The number of nitro benzene ring substituents is 1. The molecule has 1 N–H and O–H groups in total. The van der Waals surface area contributed by atoms with Gasteiger partial charge < -0.3 is 5.11 Å². The van der Waals surface area contributed by atoms with E-state index >= 15 is 0 Å². The fraction of sp³-hybridized carbons (Fsp3) is 0.500. The maximum Gasteiger partial charge on any atom is 0.275 e. The van der Waals surface area contributed by atoms with Gasteiger partial charge in [-0.15, -0.1) is 0 Å². The third-order valence-corrected chi connectivity index (χ3v) is 3.82. The quantitative estimate of drug-likeness (QED) is 0.684. The van der Waals surface area contributed by atoms with Gasteiger partial charge in [0.2, 0.25) is 0 Å². The first kappa shape index (κ1) is 13.5. The van der Waals surface area contributed by atoms with E-state index in [9.17, 15) is 15.2 Å². The molecule has 0 amide bonds. The first-order chi connectivity index (χ1) is 8.61. The second-order valence-corrected chi connectivity index (χ2v) is 5.39. The zero-order chi connectivity index (χ0) is 13.1. The van der Waals surface area contributed by atoms with Crippen LogP contribution >= 0.6 is 15.9 Å². The largest absolute Gasteiger partial charge is 0.395 e. The highest BCUT2D eigenvalue weighted by Gasteiger charge is 2.26. The fourth-order valence-corrected chi connectivity index (χ4v) is 2.72. The second-order valence-electron chi connectivity index (χ2n) is 4.48. The molecule has 1 atom stereocenters. The second kappa shape index (κ2) is 5.77. The summed E-state index contributed by atoms with van der Waals surface area (Å²) in [6.45, 7) is 1.53. The van der Waals surface area contributed by atoms with Gasteiger partial charge in [0, 0.05) is 28.7 Å². The summed E-state index contributed by atoms with van der Waals surface area (Å²) in [6.07, 6.45) is 2.00. The van der Waals surface area contributed by atoms with Crippen LogP contribution in [0.4, 0.5) is 5.69 Å². The molecule has 1 aromatic carbocycles. The molecule has 0 radical (unpaired) electrons. The minimum Gasteiger partial charge on any atom is -0.395 e. The maximum atomic E-state index is 11.0. The molecule has 1 saturated heterocycles. The number of nitro groups is 1. The van der Waals surface area contributed by atoms with Crippen molar-refractivity contribution in [2.75, 3.05) is 13.2 Å². The van der Waals surface area contributed by atoms with Gasteiger partial charge in [-0.25, -0.2) is 0 Å². The zero-order valence-corrected chi connectivity index (χ0v) is 11.5. The Bertz CT molecular complexity index is 453. The number of likely N-dealkylation sites (tertiary alicyclic amines) is 1. The monoisotopic (exact) mass is 314 g/mol. The smallest absolute Gasteiger partial charge is 0.275 e. The lowest BCUT2D eigenvalue weighted by molar-refractivity contribution is -0.385. The fourth-order valence-electron chi connectivity index (χ4n) is 2.37. The Morgan fingerprint density at radius 3 is 3.00 bits per heavy atom. The first-order valence-electron chi connectivity index (χ1n) is 5.89.